The van der Waals surface area contributed by atoms with E-state index < -0.39 is 0 Å². The molecule has 0 atom stereocenters. The first-order valence-corrected chi connectivity index (χ1v) is 5.51. The van der Waals surface area contributed by atoms with Crippen molar-refractivity contribution in [3.05, 3.63) is 17.0 Å². The van der Waals surface area contributed by atoms with Crippen LogP contribution in [-0.4, -0.2) is 12.3 Å². The highest BCUT2D eigenvalue weighted by molar-refractivity contribution is 7.14. The van der Waals surface area contributed by atoms with Crippen LogP contribution in [0.2, 0.25) is 0 Å². The Morgan fingerprint density at radius 2 is 2.40 bits per heavy atom. The number of aromatic nitrogens is 1. The van der Waals surface area contributed by atoms with Gasteiger partial charge in [0.1, 0.15) is 10.6 Å². The summed E-state index contributed by atoms with van der Waals surface area (Å²) in [7, 11) is 1.64. The fraction of sp³-hybridized carbons (Fsp3) is 0.300. The third kappa shape index (κ3) is 1.59. The molecule has 0 saturated heterocycles. The van der Waals surface area contributed by atoms with Gasteiger partial charge in [-0.1, -0.05) is 12.1 Å². The van der Waals surface area contributed by atoms with Gasteiger partial charge in [-0.2, -0.15) is 0 Å². The van der Waals surface area contributed by atoms with Gasteiger partial charge in [0.25, 0.3) is 0 Å². The summed E-state index contributed by atoms with van der Waals surface area (Å²) in [5, 5.41) is 5.72. The number of hydrogen-bond acceptors (Lipinski definition) is 5. The number of rotatable bonds is 3. The van der Waals surface area contributed by atoms with Crippen molar-refractivity contribution in [2.45, 2.75) is 13.3 Å². The van der Waals surface area contributed by atoms with Gasteiger partial charge in [0, 0.05) is 5.56 Å². The van der Waals surface area contributed by atoms with Crippen LogP contribution >= 0.6 is 11.3 Å². The Kier molecular flexibility index (Phi) is 2.64. The lowest BCUT2D eigenvalue weighted by Crippen LogP contribution is -1.90. The van der Waals surface area contributed by atoms with E-state index in [4.69, 9.17) is 15.0 Å². The molecule has 0 aliphatic rings. The van der Waals surface area contributed by atoms with Crippen LogP contribution in [0.5, 0.6) is 5.75 Å². The van der Waals surface area contributed by atoms with E-state index in [0.717, 1.165) is 28.4 Å². The number of nitrogens with zero attached hydrogens (tertiary/aromatic N) is 1. The lowest BCUT2D eigenvalue weighted by Gasteiger charge is -2.00. The number of hydrogen-bond donors (Lipinski definition) is 1. The maximum atomic E-state index is 5.71. The third-order valence-corrected chi connectivity index (χ3v) is 3.12. The second-order valence-electron chi connectivity index (χ2n) is 3.05. The van der Waals surface area contributed by atoms with Crippen molar-refractivity contribution >= 4 is 17.2 Å². The lowest BCUT2D eigenvalue weighted by molar-refractivity contribution is 0.409. The molecule has 0 aliphatic heterocycles. The molecule has 2 rings (SSSR count). The van der Waals surface area contributed by atoms with E-state index in [-0.39, 0.29) is 0 Å². The molecular formula is C10H12N2O2S. The van der Waals surface area contributed by atoms with Crippen LogP contribution in [0.3, 0.4) is 0 Å². The zero-order valence-corrected chi connectivity index (χ0v) is 9.43. The predicted octanol–water partition coefficient (Wildman–Crippen LogP) is 2.56. The van der Waals surface area contributed by atoms with Crippen molar-refractivity contribution in [2.75, 3.05) is 12.8 Å². The average Bonchev–Trinajstić information content (AvgIpc) is 2.82. The van der Waals surface area contributed by atoms with Crippen LogP contribution in [0, 0.1) is 0 Å². The monoisotopic (exact) mass is 224 g/mol. The molecule has 5 heteroatoms. The molecule has 0 fully saturated rings. The topological polar surface area (TPSA) is 61.3 Å². The summed E-state index contributed by atoms with van der Waals surface area (Å²) in [6.45, 7) is 2.02. The zero-order valence-electron chi connectivity index (χ0n) is 8.61. The number of nitrogen functional groups attached to an aromatic ring is 1. The largest absolute Gasteiger partial charge is 0.495 e. The van der Waals surface area contributed by atoms with Gasteiger partial charge in [0.05, 0.1) is 7.11 Å². The second kappa shape index (κ2) is 3.94. The van der Waals surface area contributed by atoms with Gasteiger partial charge in [-0.25, -0.2) is 0 Å². The summed E-state index contributed by atoms with van der Waals surface area (Å²) in [4.78, 5) is 0.943. The van der Waals surface area contributed by atoms with Crippen LogP contribution in [0.4, 0.5) is 5.82 Å². The lowest BCUT2D eigenvalue weighted by atomic mass is 10.1. The molecule has 0 bridgehead atoms. The van der Waals surface area contributed by atoms with Crippen molar-refractivity contribution in [3.63, 3.8) is 0 Å². The van der Waals surface area contributed by atoms with E-state index in [1.165, 1.54) is 0 Å². The van der Waals surface area contributed by atoms with E-state index >= 15 is 0 Å². The third-order valence-electron chi connectivity index (χ3n) is 2.23. The minimum Gasteiger partial charge on any atom is -0.495 e. The first-order chi connectivity index (χ1) is 7.27. The normalized spacial score (nSPS) is 10.5. The number of nitrogens with two attached hydrogens (primary N) is 1. The minimum atomic E-state index is 0.461. The molecule has 0 saturated carbocycles. The summed E-state index contributed by atoms with van der Waals surface area (Å²) in [6.07, 6.45) is 0.797. The summed E-state index contributed by atoms with van der Waals surface area (Å²) in [5.74, 6) is 1.98. The van der Waals surface area contributed by atoms with Gasteiger partial charge < -0.3 is 15.0 Å². The molecule has 0 amide bonds. The van der Waals surface area contributed by atoms with Gasteiger partial charge in [0.15, 0.2) is 11.6 Å². The van der Waals surface area contributed by atoms with E-state index in [9.17, 15) is 0 Å². The minimum absolute atomic E-state index is 0.461. The van der Waals surface area contributed by atoms with Crippen LogP contribution in [0.25, 0.3) is 10.6 Å². The molecule has 0 radical (unpaired) electrons. The van der Waals surface area contributed by atoms with E-state index in [1.54, 1.807) is 18.4 Å². The molecule has 15 heavy (non-hydrogen) atoms. The Morgan fingerprint density at radius 1 is 1.60 bits per heavy atom. The van der Waals surface area contributed by atoms with Crippen LogP contribution in [0.15, 0.2) is 16.0 Å². The Bertz CT molecular complexity index is 462. The van der Waals surface area contributed by atoms with Crippen molar-refractivity contribution in [3.8, 4) is 16.4 Å². The van der Waals surface area contributed by atoms with Gasteiger partial charge in [0.2, 0.25) is 0 Å². The van der Waals surface area contributed by atoms with Crippen molar-refractivity contribution in [1.29, 1.82) is 0 Å². The van der Waals surface area contributed by atoms with Crippen molar-refractivity contribution in [1.82, 2.24) is 5.16 Å². The molecule has 2 aromatic rings. The van der Waals surface area contributed by atoms with Gasteiger partial charge in [-0.05, 0) is 17.9 Å². The Hall–Kier alpha value is -1.49. The Balaban J connectivity index is 2.53. The summed E-state index contributed by atoms with van der Waals surface area (Å²) >= 11 is 1.56. The van der Waals surface area contributed by atoms with Crippen LogP contribution in [-0.2, 0) is 6.42 Å². The average molecular weight is 224 g/mol. The van der Waals surface area contributed by atoms with Gasteiger partial charge >= 0.3 is 0 Å². The van der Waals surface area contributed by atoms with Crippen LogP contribution < -0.4 is 10.5 Å². The van der Waals surface area contributed by atoms with Gasteiger partial charge in [-0.15, -0.1) is 11.3 Å². The quantitative estimate of drug-likeness (QED) is 0.870. The maximum absolute atomic E-state index is 5.71. The molecule has 0 aliphatic carbocycles. The maximum Gasteiger partial charge on any atom is 0.185 e. The Labute approximate surface area is 91.6 Å². The predicted molar refractivity (Wildman–Crippen MR) is 60.2 cm³/mol. The van der Waals surface area contributed by atoms with Crippen LogP contribution in [0.1, 0.15) is 12.5 Å². The Morgan fingerprint density at radius 3 is 3.07 bits per heavy atom. The van der Waals surface area contributed by atoms with E-state index in [1.807, 2.05) is 18.4 Å². The second-order valence-corrected chi connectivity index (χ2v) is 3.96. The standard InChI is InChI=1S/C10H12N2O2S/c1-3-6-8(14-12-10(6)11)9-7(13-2)4-5-15-9/h4-5H,3H2,1-2H3,(H2,11,12). The first kappa shape index (κ1) is 10.0. The molecule has 2 N–H and O–H groups in total. The van der Waals surface area contributed by atoms with Gasteiger partial charge in [-0.3, -0.25) is 0 Å². The molecule has 4 nitrogen and oxygen atoms in total. The zero-order chi connectivity index (χ0) is 10.8. The van der Waals surface area contributed by atoms with E-state index in [2.05, 4.69) is 5.16 Å². The molecule has 2 aromatic heterocycles. The molecule has 80 valence electrons. The van der Waals surface area contributed by atoms with Crippen molar-refractivity contribution < 1.29 is 9.26 Å². The number of thiophene rings is 1. The number of methoxy groups -OCH3 is 1. The van der Waals surface area contributed by atoms with E-state index in [0.29, 0.717) is 5.82 Å². The summed E-state index contributed by atoms with van der Waals surface area (Å²) in [5.41, 5.74) is 6.65. The summed E-state index contributed by atoms with van der Waals surface area (Å²) in [6, 6.07) is 1.90. The fourth-order valence-electron chi connectivity index (χ4n) is 1.47. The number of ether oxygens (including phenoxy) is 1. The molecule has 0 spiro atoms. The summed E-state index contributed by atoms with van der Waals surface area (Å²) < 4.78 is 10.5. The molecule has 2 heterocycles. The highest BCUT2D eigenvalue weighted by Gasteiger charge is 2.18. The molecular weight excluding hydrogens is 212 g/mol. The first-order valence-electron chi connectivity index (χ1n) is 4.63. The highest BCUT2D eigenvalue weighted by Crippen LogP contribution is 2.38. The SMILES string of the molecule is CCc1c(N)noc1-c1sccc1OC. The number of anilines is 1. The van der Waals surface area contributed by atoms with Crippen molar-refractivity contribution in [2.24, 2.45) is 0 Å². The molecule has 0 aromatic carbocycles. The fourth-order valence-corrected chi connectivity index (χ4v) is 2.33. The smallest absolute Gasteiger partial charge is 0.185 e. The molecule has 0 unspecified atom stereocenters. The highest BCUT2D eigenvalue weighted by atomic mass is 32.1.